The Morgan fingerprint density at radius 1 is 1.17 bits per heavy atom. The Morgan fingerprint density at radius 3 is 2.88 bits per heavy atom. The third-order valence-electron chi connectivity index (χ3n) is 3.81. The van der Waals surface area contributed by atoms with Gasteiger partial charge in [0, 0.05) is 36.2 Å². The second-order valence-corrected chi connectivity index (χ2v) is 5.90. The molecular formula is C16H13ClN6O. The van der Waals surface area contributed by atoms with E-state index in [0.29, 0.717) is 23.0 Å². The highest BCUT2D eigenvalue weighted by molar-refractivity contribution is 6.30. The van der Waals surface area contributed by atoms with Crippen LogP contribution in [0.1, 0.15) is 5.82 Å². The zero-order chi connectivity index (χ0) is 16.7. The summed E-state index contributed by atoms with van der Waals surface area (Å²) < 4.78 is 4.91. The Kier molecular flexibility index (Phi) is 3.42. The normalized spacial score (nSPS) is 11.2. The lowest BCUT2D eigenvalue weighted by Gasteiger charge is -2.01. The highest BCUT2D eigenvalue weighted by atomic mass is 35.5. The molecule has 8 heteroatoms. The van der Waals surface area contributed by atoms with Crippen molar-refractivity contribution in [1.82, 2.24) is 28.9 Å². The molecule has 0 amide bonds. The fraction of sp³-hybridized carbons (Fsp3) is 0.125. The maximum Gasteiger partial charge on any atom is 0.295 e. The molecule has 4 aromatic rings. The van der Waals surface area contributed by atoms with Gasteiger partial charge in [-0.05, 0) is 17.7 Å². The quantitative estimate of drug-likeness (QED) is 0.572. The van der Waals surface area contributed by atoms with Gasteiger partial charge in [0.05, 0.1) is 6.20 Å². The summed E-state index contributed by atoms with van der Waals surface area (Å²) >= 11 is 6.03. The number of hydrogen-bond acceptors (Lipinski definition) is 4. The standard InChI is InChI=1S/C16H13ClN6O/c1-21-5-6-23-14(19-20-15(23)16(21)24)10-22-9-12(8-18-22)11-3-2-4-13(17)7-11/h2-9H,10H2,1H3. The minimum Gasteiger partial charge on any atom is -0.314 e. The molecule has 24 heavy (non-hydrogen) atoms. The molecule has 0 atom stereocenters. The molecule has 0 saturated heterocycles. The van der Waals surface area contributed by atoms with Crippen molar-refractivity contribution in [2.45, 2.75) is 6.54 Å². The summed E-state index contributed by atoms with van der Waals surface area (Å²) in [5.74, 6) is 0.642. The molecule has 0 aliphatic heterocycles. The average molecular weight is 341 g/mol. The molecule has 1 aromatic carbocycles. The Morgan fingerprint density at radius 2 is 2.04 bits per heavy atom. The molecule has 0 N–H and O–H groups in total. The average Bonchev–Trinajstić information content (AvgIpc) is 3.19. The second-order valence-electron chi connectivity index (χ2n) is 5.46. The SMILES string of the molecule is Cn1ccn2c(Cn3cc(-c4cccc(Cl)c4)cn3)nnc2c1=O. The van der Waals surface area contributed by atoms with Gasteiger partial charge in [0.2, 0.25) is 5.65 Å². The van der Waals surface area contributed by atoms with Gasteiger partial charge in [0.1, 0.15) is 6.54 Å². The summed E-state index contributed by atoms with van der Waals surface area (Å²) in [4.78, 5) is 12.0. The maximum atomic E-state index is 12.0. The van der Waals surface area contributed by atoms with Gasteiger partial charge in [-0.3, -0.25) is 13.9 Å². The van der Waals surface area contributed by atoms with Gasteiger partial charge in [0.25, 0.3) is 5.56 Å². The number of nitrogens with zero attached hydrogens (tertiary/aromatic N) is 6. The molecule has 0 saturated carbocycles. The van der Waals surface area contributed by atoms with E-state index in [4.69, 9.17) is 11.6 Å². The fourth-order valence-corrected chi connectivity index (χ4v) is 2.73. The Balaban J connectivity index is 1.67. The van der Waals surface area contributed by atoms with Crippen LogP contribution in [0.2, 0.25) is 5.02 Å². The van der Waals surface area contributed by atoms with Crippen LogP contribution in [0.5, 0.6) is 0 Å². The number of aromatic nitrogens is 6. The van der Waals surface area contributed by atoms with Crippen LogP contribution < -0.4 is 5.56 Å². The molecule has 0 radical (unpaired) electrons. The van der Waals surface area contributed by atoms with E-state index in [1.54, 1.807) is 34.7 Å². The lowest BCUT2D eigenvalue weighted by Crippen LogP contribution is -2.19. The summed E-state index contributed by atoms with van der Waals surface area (Å²) in [6, 6.07) is 7.59. The van der Waals surface area contributed by atoms with Crippen LogP contribution in [0, 0.1) is 0 Å². The predicted molar refractivity (Wildman–Crippen MR) is 90.0 cm³/mol. The van der Waals surface area contributed by atoms with E-state index in [1.807, 2.05) is 30.5 Å². The summed E-state index contributed by atoms with van der Waals surface area (Å²) in [5, 5.41) is 13.1. The third kappa shape index (κ3) is 2.48. The monoisotopic (exact) mass is 340 g/mol. The van der Waals surface area contributed by atoms with E-state index in [1.165, 1.54) is 4.57 Å². The van der Waals surface area contributed by atoms with E-state index in [0.717, 1.165) is 11.1 Å². The van der Waals surface area contributed by atoms with Crippen LogP contribution >= 0.6 is 11.6 Å². The van der Waals surface area contributed by atoms with Crippen LogP contribution in [0.3, 0.4) is 0 Å². The number of benzene rings is 1. The molecule has 0 unspecified atom stereocenters. The Bertz CT molecular complexity index is 1090. The van der Waals surface area contributed by atoms with E-state index >= 15 is 0 Å². The first-order valence-corrected chi connectivity index (χ1v) is 7.67. The van der Waals surface area contributed by atoms with Crippen molar-refractivity contribution in [2.75, 3.05) is 0 Å². The molecule has 0 bridgehead atoms. The molecule has 4 rings (SSSR count). The highest BCUT2D eigenvalue weighted by Crippen LogP contribution is 2.22. The fourth-order valence-electron chi connectivity index (χ4n) is 2.54. The number of aryl methyl sites for hydroxylation is 1. The van der Waals surface area contributed by atoms with E-state index in [-0.39, 0.29) is 5.56 Å². The predicted octanol–water partition coefficient (Wildman–Crippen LogP) is 1.99. The van der Waals surface area contributed by atoms with E-state index < -0.39 is 0 Å². The van der Waals surface area contributed by atoms with Crippen LogP contribution in [-0.2, 0) is 13.6 Å². The van der Waals surface area contributed by atoms with Crippen molar-refractivity contribution in [3.05, 3.63) is 70.3 Å². The second kappa shape index (κ2) is 5.61. The molecule has 120 valence electrons. The van der Waals surface area contributed by atoms with Gasteiger partial charge in [-0.1, -0.05) is 23.7 Å². The first-order valence-electron chi connectivity index (χ1n) is 7.29. The third-order valence-corrected chi connectivity index (χ3v) is 4.05. The summed E-state index contributed by atoms with van der Waals surface area (Å²) in [5.41, 5.74) is 2.07. The smallest absolute Gasteiger partial charge is 0.295 e. The van der Waals surface area contributed by atoms with Gasteiger partial charge >= 0.3 is 0 Å². The summed E-state index contributed by atoms with van der Waals surface area (Å²) in [6.07, 6.45) is 7.14. The Hall–Kier alpha value is -2.93. The lowest BCUT2D eigenvalue weighted by atomic mass is 10.1. The van der Waals surface area contributed by atoms with E-state index in [9.17, 15) is 4.79 Å². The van der Waals surface area contributed by atoms with Crippen molar-refractivity contribution >= 4 is 17.2 Å². The van der Waals surface area contributed by atoms with Crippen molar-refractivity contribution in [1.29, 1.82) is 0 Å². The molecule has 0 fully saturated rings. The minimum atomic E-state index is -0.184. The largest absolute Gasteiger partial charge is 0.314 e. The topological polar surface area (TPSA) is 70.0 Å². The lowest BCUT2D eigenvalue weighted by molar-refractivity contribution is 0.648. The van der Waals surface area contributed by atoms with Gasteiger partial charge in [-0.2, -0.15) is 5.10 Å². The Labute approximate surface area is 141 Å². The summed E-state index contributed by atoms with van der Waals surface area (Å²) in [6.45, 7) is 0.412. The van der Waals surface area contributed by atoms with Gasteiger partial charge in [-0.25, -0.2) is 0 Å². The van der Waals surface area contributed by atoms with Gasteiger partial charge in [0.15, 0.2) is 5.82 Å². The van der Waals surface area contributed by atoms with Crippen LogP contribution in [-0.4, -0.2) is 28.9 Å². The van der Waals surface area contributed by atoms with Crippen molar-refractivity contribution in [2.24, 2.45) is 7.05 Å². The van der Waals surface area contributed by atoms with Crippen LogP contribution in [0.4, 0.5) is 0 Å². The van der Waals surface area contributed by atoms with Crippen molar-refractivity contribution < 1.29 is 0 Å². The molecular weight excluding hydrogens is 328 g/mol. The summed E-state index contributed by atoms with van der Waals surface area (Å²) in [7, 11) is 1.68. The zero-order valence-corrected chi connectivity index (χ0v) is 13.6. The molecule has 7 nitrogen and oxygen atoms in total. The van der Waals surface area contributed by atoms with Crippen LogP contribution in [0.25, 0.3) is 16.8 Å². The number of halogens is 1. The van der Waals surface area contributed by atoms with Crippen LogP contribution in [0.15, 0.2) is 53.8 Å². The molecule has 0 spiro atoms. The number of fused-ring (bicyclic) bond motifs is 1. The highest BCUT2D eigenvalue weighted by Gasteiger charge is 2.11. The van der Waals surface area contributed by atoms with Crippen molar-refractivity contribution in [3.63, 3.8) is 0 Å². The van der Waals surface area contributed by atoms with Gasteiger partial charge < -0.3 is 4.57 Å². The minimum absolute atomic E-state index is 0.184. The molecule has 3 heterocycles. The molecule has 0 aliphatic rings. The number of rotatable bonds is 3. The van der Waals surface area contributed by atoms with Crippen molar-refractivity contribution in [3.8, 4) is 11.1 Å². The molecule has 3 aromatic heterocycles. The zero-order valence-electron chi connectivity index (χ0n) is 12.8. The first-order chi connectivity index (χ1) is 11.6. The molecule has 0 aliphatic carbocycles. The maximum absolute atomic E-state index is 12.0. The van der Waals surface area contributed by atoms with Gasteiger partial charge in [-0.15, -0.1) is 10.2 Å². The van der Waals surface area contributed by atoms with E-state index in [2.05, 4.69) is 15.3 Å². The first kappa shape index (κ1) is 14.6. The number of hydrogen-bond donors (Lipinski definition) is 0.